The summed E-state index contributed by atoms with van der Waals surface area (Å²) in [6.45, 7) is 4.55. The second-order valence-corrected chi connectivity index (χ2v) is 7.28. The van der Waals surface area contributed by atoms with Gasteiger partial charge >= 0.3 is 0 Å². The molecule has 3 rings (SSSR count). The third-order valence-corrected chi connectivity index (χ3v) is 4.65. The lowest BCUT2D eigenvalue weighted by Gasteiger charge is -2.07. The maximum atomic E-state index is 12.1. The Kier molecular flexibility index (Phi) is 6.08. The summed E-state index contributed by atoms with van der Waals surface area (Å²) < 4.78 is 0. The van der Waals surface area contributed by atoms with Gasteiger partial charge in [0, 0.05) is 22.2 Å². The topological polar surface area (TPSA) is 72.7 Å². The van der Waals surface area contributed by atoms with Gasteiger partial charge in [-0.2, -0.15) is 4.80 Å². The van der Waals surface area contributed by atoms with Gasteiger partial charge in [0.1, 0.15) is 6.54 Å². The number of carbonyl (C=O) groups is 1. The smallest absolute Gasteiger partial charge is 0.243 e. The average Bonchev–Trinajstić information content (AvgIpc) is 3.09. The fourth-order valence-electron chi connectivity index (χ4n) is 2.49. The molecular formula is C19H19Cl2N5O. The van der Waals surface area contributed by atoms with Gasteiger partial charge in [-0.15, -0.1) is 10.2 Å². The van der Waals surface area contributed by atoms with E-state index in [9.17, 15) is 4.79 Å². The zero-order valence-corrected chi connectivity index (χ0v) is 16.5. The van der Waals surface area contributed by atoms with Gasteiger partial charge in [-0.3, -0.25) is 4.79 Å². The standard InChI is InChI=1S/C19H19Cl2N5O/c1-12(2)13-3-5-14(6-4-13)19-23-25-26(24-19)11-18(27)22-10-15-7-8-16(20)9-17(15)21/h3-9,12H,10-11H2,1-2H3,(H,22,27). The van der Waals surface area contributed by atoms with Crippen LogP contribution in [0.2, 0.25) is 10.0 Å². The van der Waals surface area contributed by atoms with Crippen LogP contribution in [0.15, 0.2) is 42.5 Å². The molecule has 0 fully saturated rings. The van der Waals surface area contributed by atoms with Gasteiger partial charge in [0.2, 0.25) is 11.7 Å². The molecule has 1 aromatic heterocycles. The van der Waals surface area contributed by atoms with Crippen molar-refractivity contribution in [3.05, 3.63) is 63.6 Å². The molecule has 6 nitrogen and oxygen atoms in total. The Hall–Kier alpha value is -2.44. The molecule has 2 aromatic carbocycles. The maximum absolute atomic E-state index is 12.1. The number of nitrogens with one attached hydrogen (secondary N) is 1. The summed E-state index contributed by atoms with van der Waals surface area (Å²) in [7, 11) is 0. The number of aromatic nitrogens is 4. The third kappa shape index (κ3) is 5.05. The zero-order chi connectivity index (χ0) is 19.4. The first kappa shape index (κ1) is 19.3. The largest absolute Gasteiger partial charge is 0.350 e. The van der Waals surface area contributed by atoms with E-state index in [2.05, 4.69) is 34.6 Å². The van der Waals surface area contributed by atoms with Crippen molar-refractivity contribution in [2.45, 2.75) is 32.9 Å². The van der Waals surface area contributed by atoms with Crippen LogP contribution in [0.25, 0.3) is 11.4 Å². The van der Waals surface area contributed by atoms with Crippen LogP contribution in [0.5, 0.6) is 0 Å². The van der Waals surface area contributed by atoms with Crippen molar-refractivity contribution < 1.29 is 4.79 Å². The van der Waals surface area contributed by atoms with Crippen molar-refractivity contribution in [3.63, 3.8) is 0 Å². The second kappa shape index (κ2) is 8.50. The van der Waals surface area contributed by atoms with Gasteiger partial charge in [0.05, 0.1) is 0 Å². The maximum Gasteiger partial charge on any atom is 0.243 e. The van der Waals surface area contributed by atoms with E-state index in [4.69, 9.17) is 23.2 Å². The number of halogens is 2. The van der Waals surface area contributed by atoms with E-state index in [-0.39, 0.29) is 12.5 Å². The lowest BCUT2D eigenvalue weighted by Crippen LogP contribution is -2.28. The van der Waals surface area contributed by atoms with Gasteiger partial charge in [0.25, 0.3) is 0 Å². The molecule has 0 unspecified atom stereocenters. The lowest BCUT2D eigenvalue weighted by atomic mass is 10.0. The fourth-order valence-corrected chi connectivity index (χ4v) is 2.96. The molecule has 0 radical (unpaired) electrons. The molecule has 0 saturated heterocycles. The molecule has 3 aromatic rings. The molecule has 1 heterocycles. The van der Waals surface area contributed by atoms with Crippen LogP contribution in [0.3, 0.4) is 0 Å². The zero-order valence-electron chi connectivity index (χ0n) is 15.0. The Balaban J connectivity index is 1.59. The predicted molar refractivity (Wildman–Crippen MR) is 106 cm³/mol. The van der Waals surface area contributed by atoms with Crippen molar-refractivity contribution in [1.29, 1.82) is 0 Å². The lowest BCUT2D eigenvalue weighted by molar-refractivity contribution is -0.122. The first-order valence-corrected chi connectivity index (χ1v) is 9.26. The second-order valence-electron chi connectivity index (χ2n) is 6.43. The van der Waals surface area contributed by atoms with E-state index in [1.54, 1.807) is 18.2 Å². The molecule has 0 aliphatic rings. The summed E-state index contributed by atoms with van der Waals surface area (Å²) in [6, 6.07) is 13.1. The number of benzene rings is 2. The Labute approximate surface area is 167 Å². The van der Waals surface area contributed by atoms with Crippen LogP contribution < -0.4 is 5.32 Å². The van der Waals surface area contributed by atoms with E-state index >= 15 is 0 Å². The van der Waals surface area contributed by atoms with Crippen LogP contribution in [0.1, 0.15) is 30.9 Å². The minimum atomic E-state index is -0.236. The van der Waals surface area contributed by atoms with Crippen molar-refractivity contribution in [2.75, 3.05) is 0 Å². The highest BCUT2D eigenvalue weighted by Crippen LogP contribution is 2.21. The van der Waals surface area contributed by atoms with Crippen molar-refractivity contribution in [3.8, 4) is 11.4 Å². The highest BCUT2D eigenvalue weighted by Gasteiger charge is 2.10. The van der Waals surface area contributed by atoms with Crippen LogP contribution in [-0.4, -0.2) is 26.1 Å². The number of amides is 1. The normalized spacial score (nSPS) is 11.0. The summed E-state index contributed by atoms with van der Waals surface area (Å²) in [5, 5.41) is 16.1. The molecule has 0 aliphatic heterocycles. The fraction of sp³-hybridized carbons (Fsp3) is 0.263. The summed E-state index contributed by atoms with van der Waals surface area (Å²) in [5.74, 6) is 0.708. The Morgan fingerprint density at radius 2 is 1.89 bits per heavy atom. The first-order valence-electron chi connectivity index (χ1n) is 8.51. The summed E-state index contributed by atoms with van der Waals surface area (Å²) in [4.78, 5) is 13.4. The van der Waals surface area contributed by atoms with Crippen LogP contribution in [0, 0.1) is 0 Å². The minimum absolute atomic E-state index is 0.0255. The van der Waals surface area contributed by atoms with E-state index in [0.717, 1.165) is 11.1 Å². The highest BCUT2D eigenvalue weighted by atomic mass is 35.5. The van der Waals surface area contributed by atoms with Gasteiger partial charge < -0.3 is 5.32 Å². The average molecular weight is 404 g/mol. The van der Waals surface area contributed by atoms with Crippen molar-refractivity contribution >= 4 is 29.1 Å². The summed E-state index contributed by atoms with van der Waals surface area (Å²) in [5.41, 5.74) is 2.89. The Bertz CT molecular complexity index is 938. The number of carbonyl (C=O) groups excluding carboxylic acids is 1. The summed E-state index contributed by atoms with van der Waals surface area (Å²) in [6.07, 6.45) is 0. The van der Waals surface area contributed by atoms with E-state index in [0.29, 0.717) is 28.3 Å². The molecule has 0 bridgehead atoms. The van der Waals surface area contributed by atoms with Gasteiger partial charge in [-0.25, -0.2) is 0 Å². The Morgan fingerprint density at radius 1 is 1.15 bits per heavy atom. The number of hydrogen-bond donors (Lipinski definition) is 1. The molecule has 8 heteroatoms. The minimum Gasteiger partial charge on any atom is -0.350 e. The molecule has 1 amide bonds. The van der Waals surface area contributed by atoms with E-state index in [1.807, 2.05) is 24.3 Å². The molecule has 27 heavy (non-hydrogen) atoms. The SMILES string of the molecule is CC(C)c1ccc(-c2nnn(CC(=O)NCc3ccc(Cl)cc3Cl)n2)cc1. The predicted octanol–water partition coefficient (Wildman–Crippen LogP) is 4.09. The molecule has 140 valence electrons. The molecule has 1 N–H and O–H groups in total. The van der Waals surface area contributed by atoms with E-state index < -0.39 is 0 Å². The Morgan fingerprint density at radius 3 is 2.56 bits per heavy atom. The number of tetrazole rings is 1. The van der Waals surface area contributed by atoms with Crippen molar-refractivity contribution in [2.24, 2.45) is 0 Å². The van der Waals surface area contributed by atoms with Crippen LogP contribution >= 0.6 is 23.2 Å². The molecular weight excluding hydrogens is 385 g/mol. The van der Waals surface area contributed by atoms with Crippen LogP contribution in [-0.2, 0) is 17.9 Å². The van der Waals surface area contributed by atoms with Crippen LogP contribution in [0.4, 0.5) is 0 Å². The molecule has 0 saturated carbocycles. The summed E-state index contributed by atoms with van der Waals surface area (Å²) >= 11 is 12.0. The van der Waals surface area contributed by atoms with Gasteiger partial charge in [-0.05, 0) is 34.4 Å². The highest BCUT2D eigenvalue weighted by molar-refractivity contribution is 6.35. The molecule has 0 aliphatic carbocycles. The van der Waals surface area contributed by atoms with E-state index in [1.165, 1.54) is 10.4 Å². The molecule has 0 spiro atoms. The number of hydrogen-bond acceptors (Lipinski definition) is 4. The quantitative estimate of drug-likeness (QED) is 0.672. The van der Waals surface area contributed by atoms with Gasteiger partial charge in [-0.1, -0.05) is 67.4 Å². The number of rotatable bonds is 6. The first-order chi connectivity index (χ1) is 12.9. The monoisotopic (exact) mass is 403 g/mol. The molecule has 0 atom stereocenters. The van der Waals surface area contributed by atoms with Crippen molar-refractivity contribution in [1.82, 2.24) is 25.5 Å². The number of nitrogens with zero attached hydrogens (tertiary/aromatic N) is 4. The van der Waals surface area contributed by atoms with Gasteiger partial charge in [0.15, 0.2) is 0 Å². The third-order valence-electron chi connectivity index (χ3n) is 4.06.